The largest absolute Gasteiger partial charge is 0.493 e. The highest BCUT2D eigenvalue weighted by Crippen LogP contribution is 2.14. The zero-order valence-corrected chi connectivity index (χ0v) is 10.0. The van der Waals surface area contributed by atoms with E-state index < -0.39 is 0 Å². The predicted octanol–water partition coefficient (Wildman–Crippen LogP) is 3.20. The Morgan fingerprint density at radius 2 is 1.88 bits per heavy atom. The van der Waals surface area contributed by atoms with Crippen molar-refractivity contribution in [3.8, 4) is 5.75 Å². The van der Waals surface area contributed by atoms with E-state index in [9.17, 15) is 0 Å². The minimum absolute atomic E-state index is 0.650. The van der Waals surface area contributed by atoms with E-state index in [4.69, 9.17) is 10.5 Å². The molecule has 0 radical (unpaired) electrons. The standard InChI is InChI=1S/C15H17NO/c1-12-5-4-7-14(11-12)17-10-9-13-6-2-3-8-15(13)16/h2-8,11H,9-10,16H2,1H3. The van der Waals surface area contributed by atoms with Gasteiger partial charge in [0, 0.05) is 12.1 Å². The van der Waals surface area contributed by atoms with Crippen LogP contribution in [0.25, 0.3) is 0 Å². The van der Waals surface area contributed by atoms with Crippen LogP contribution in [0.4, 0.5) is 5.69 Å². The minimum atomic E-state index is 0.650. The molecule has 0 saturated heterocycles. The molecule has 0 aliphatic heterocycles. The van der Waals surface area contributed by atoms with E-state index in [0.717, 1.165) is 23.4 Å². The molecular weight excluding hydrogens is 210 g/mol. The van der Waals surface area contributed by atoms with Gasteiger partial charge in [0.25, 0.3) is 0 Å². The molecule has 0 bridgehead atoms. The Hall–Kier alpha value is -1.96. The van der Waals surface area contributed by atoms with Crippen molar-refractivity contribution in [1.29, 1.82) is 0 Å². The number of aryl methyl sites for hydroxylation is 1. The summed E-state index contributed by atoms with van der Waals surface area (Å²) in [6.07, 6.45) is 0.834. The second-order valence-electron chi connectivity index (χ2n) is 4.11. The van der Waals surface area contributed by atoms with Crippen LogP contribution in [-0.4, -0.2) is 6.61 Å². The SMILES string of the molecule is Cc1cccc(OCCc2ccccc2N)c1. The lowest BCUT2D eigenvalue weighted by molar-refractivity contribution is 0.322. The van der Waals surface area contributed by atoms with E-state index in [0.29, 0.717) is 6.61 Å². The summed E-state index contributed by atoms with van der Waals surface area (Å²) >= 11 is 0. The lowest BCUT2D eigenvalue weighted by Gasteiger charge is -2.08. The molecule has 0 amide bonds. The number of hydrogen-bond acceptors (Lipinski definition) is 2. The molecule has 0 atom stereocenters. The van der Waals surface area contributed by atoms with Crippen molar-refractivity contribution in [1.82, 2.24) is 0 Å². The summed E-state index contributed by atoms with van der Waals surface area (Å²) in [7, 11) is 0. The highest BCUT2D eigenvalue weighted by molar-refractivity contribution is 5.46. The minimum Gasteiger partial charge on any atom is -0.493 e. The van der Waals surface area contributed by atoms with Gasteiger partial charge < -0.3 is 10.5 Å². The van der Waals surface area contributed by atoms with Gasteiger partial charge in [0.2, 0.25) is 0 Å². The number of rotatable bonds is 4. The van der Waals surface area contributed by atoms with E-state index in [2.05, 4.69) is 13.0 Å². The lowest BCUT2D eigenvalue weighted by Crippen LogP contribution is -2.03. The van der Waals surface area contributed by atoms with Gasteiger partial charge in [-0.1, -0.05) is 30.3 Å². The van der Waals surface area contributed by atoms with E-state index >= 15 is 0 Å². The number of nitrogen functional groups attached to an aromatic ring is 1. The van der Waals surface area contributed by atoms with Gasteiger partial charge in [0.05, 0.1) is 6.61 Å². The first-order valence-electron chi connectivity index (χ1n) is 5.78. The molecule has 0 spiro atoms. The monoisotopic (exact) mass is 227 g/mol. The first-order valence-corrected chi connectivity index (χ1v) is 5.78. The fraction of sp³-hybridized carbons (Fsp3) is 0.200. The van der Waals surface area contributed by atoms with Gasteiger partial charge in [0.15, 0.2) is 0 Å². The second kappa shape index (κ2) is 5.39. The average molecular weight is 227 g/mol. The first-order chi connectivity index (χ1) is 8.25. The zero-order chi connectivity index (χ0) is 12.1. The summed E-state index contributed by atoms with van der Waals surface area (Å²) in [5.74, 6) is 0.916. The van der Waals surface area contributed by atoms with Gasteiger partial charge in [-0.25, -0.2) is 0 Å². The highest BCUT2D eigenvalue weighted by atomic mass is 16.5. The maximum Gasteiger partial charge on any atom is 0.119 e. The predicted molar refractivity (Wildman–Crippen MR) is 71.2 cm³/mol. The lowest BCUT2D eigenvalue weighted by atomic mass is 10.1. The molecule has 17 heavy (non-hydrogen) atoms. The Morgan fingerprint density at radius 1 is 1.06 bits per heavy atom. The van der Waals surface area contributed by atoms with Crippen LogP contribution < -0.4 is 10.5 Å². The third-order valence-electron chi connectivity index (χ3n) is 2.68. The van der Waals surface area contributed by atoms with Crippen molar-refractivity contribution < 1.29 is 4.74 Å². The number of para-hydroxylation sites is 1. The van der Waals surface area contributed by atoms with Gasteiger partial charge in [-0.3, -0.25) is 0 Å². The van der Waals surface area contributed by atoms with E-state index in [1.807, 2.05) is 42.5 Å². The van der Waals surface area contributed by atoms with Gasteiger partial charge in [0.1, 0.15) is 5.75 Å². The Balaban J connectivity index is 1.90. The summed E-state index contributed by atoms with van der Waals surface area (Å²) < 4.78 is 5.69. The van der Waals surface area contributed by atoms with Crippen LogP contribution in [0.15, 0.2) is 48.5 Å². The maximum absolute atomic E-state index is 5.87. The highest BCUT2D eigenvalue weighted by Gasteiger charge is 1.99. The molecule has 0 aromatic heterocycles. The summed E-state index contributed by atoms with van der Waals surface area (Å²) in [6.45, 7) is 2.71. The number of hydrogen-bond donors (Lipinski definition) is 1. The van der Waals surface area contributed by atoms with Crippen molar-refractivity contribution in [3.05, 3.63) is 59.7 Å². The number of nitrogens with two attached hydrogens (primary N) is 1. The fourth-order valence-electron chi connectivity index (χ4n) is 1.75. The van der Waals surface area contributed by atoms with Crippen molar-refractivity contribution >= 4 is 5.69 Å². The van der Waals surface area contributed by atoms with Crippen molar-refractivity contribution in [2.75, 3.05) is 12.3 Å². The van der Waals surface area contributed by atoms with Crippen molar-refractivity contribution in [2.45, 2.75) is 13.3 Å². The third-order valence-corrected chi connectivity index (χ3v) is 2.68. The van der Waals surface area contributed by atoms with Crippen LogP contribution in [-0.2, 0) is 6.42 Å². The van der Waals surface area contributed by atoms with Crippen molar-refractivity contribution in [2.24, 2.45) is 0 Å². The van der Waals surface area contributed by atoms with E-state index in [-0.39, 0.29) is 0 Å². The number of benzene rings is 2. The smallest absolute Gasteiger partial charge is 0.119 e. The normalized spacial score (nSPS) is 10.2. The van der Waals surface area contributed by atoms with E-state index in [1.54, 1.807) is 0 Å². The molecule has 0 aliphatic carbocycles. The molecular formula is C15H17NO. The Bertz CT molecular complexity index is 494. The second-order valence-corrected chi connectivity index (χ2v) is 4.11. The van der Waals surface area contributed by atoms with Crippen LogP contribution in [0.3, 0.4) is 0 Å². The summed E-state index contributed by atoms with van der Waals surface area (Å²) in [6, 6.07) is 16.0. The molecule has 2 nitrogen and oxygen atoms in total. The maximum atomic E-state index is 5.87. The Labute approximate surface area is 102 Å². The zero-order valence-electron chi connectivity index (χ0n) is 10.0. The number of anilines is 1. The molecule has 2 heteroatoms. The summed E-state index contributed by atoms with van der Waals surface area (Å²) in [5, 5.41) is 0. The molecule has 0 saturated carbocycles. The van der Waals surface area contributed by atoms with Crippen LogP contribution in [0.1, 0.15) is 11.1 Å². The van der Waals surface area contributed by atoms with Crippen LogP contribution in [0.5, 0.6) is 5.75 Å². The number of ether oxygens (including phenoxy) is 1. The van der Waals surface area contributed by atoms with Gasteiger partial charge >= 0.3 is 0 Å². The molecule has 2 aromatic carbocycles. The summed E-state index contributed by atoms with van der Waals surface area (Å²) in [5.41, 5.74) is 9.05. The van der Waals surface area contributed by atoms with Crippen LogP contribution in [0.2, 0.25) is 0 Å². The van der Waals surface area contributed by atoms with Gasteiger partial charge in [-0.05, 0) is 36.2 Å². The van der Waals surface area contributed by atoms with Gasteiger partial charge in [-0.2, -0.15) is 0 Å². The molecule has 2 rings (SSSR count). The molecule has 2 aromatic rings. The molecule has 0 unspecified atom stereocenters. The Kier molecular flexibility index (Phi) is 3.66. The van der Waals surface area contributed by atoms with E-state index in [1.165, 1.54) is 5.56 Å². The Morgan fingerprint density at radius 3 is 2.65 bits per heavy atom. The topological polar surface area (TPSA) is 35.2 Å². The first kappa shape index (κ1) is 11.5. The summed E-state index contributed by atoms with van der Waals surface area (Å²) in [4.78, 5) is 0. The molecule has 0 aliphatic rings. The third kappa shape index (κ3) is 3.25. The van der Waals surface area contributed by atoms with Crippen molar-refractivity contribution in [3.63, 3.8) is 0 Å². The quantitative estimate of drug-likeness (QED) is 0.814. The molecule has 88 valence electrons. The molecule has 0 heterocycles. The van der Waals surface area contributed by atoms with Gasteiger partial charge in [-0.15, -0.1) is 0 Å². The fourth-order valence-corrected chi connectivity index (χ4v) is 1.75. The molecule has 0 fully saturated rings. The van der Waals surface area contributed by atoms with Crippen LogP contribution >= 0.6 is 0 Å². The van der Waals surface area contributed by atoms with Crippen LogP contribution in [0, 0.1) is 6.92 Å². The average Bonchev–Trinajstić information content (AvgIpc) is 2.32. The molecule has 2 N–H and O–H groups in total.